The van der Waals surface area contributed by atoms with Gasteiger partial charge >= 0.3 is 0 Å². The normalized spacial score (nSPS) is 12.9. The zero-order valence-corrected chi connectivity index (χ0v) is 14.4. The smallest absolute Gasteiger partial charge is 0.134 e. The Balaban J connectivity index is 1.62. The number of nitrogens with zero attached hydrogens (tertiary/aromatic N) is 1. The maximum Gasteiger partial charge on any atom is 0.134 e. The lowest BCUT2D eigenvalue weighted by Gasteiger charge is -2.10. The predicted octanol–water partition coefficient (Wildman–Crippen LogP) is 4.85. The summed E-state index contributed by atoms with van der Waals surface area (Å²) in [4.78, 5) is 4.47. The van der Waals surface area contributed by atoms with Gasteiger partial charge in [0.2, 0.25) is 0 Å². The molecule has 1 N–H and O–H groups in total. The number of aryl methyl sites for hydroxylation is 1. The third-order valence-corrected chi connectivity index (χ3v) is 4.90. The Bertz CT molecular complexity index is 750. The molecule has 0 saturated heterocycles. The first-order valence-electron chi connectivity index (χ1n) is 6.95. The number of halogens is 1. The van der Waals surface area contributed by atoms with E-state index in [1.807, 2.05) is 19.1 Å². The second-order valence-corrected chi connectivity index (χ2v) is 7.00. The van der Waals surface area contributed by atoms with E-state index in [9.17, 15) is 0 Å². The number of thiazole rings is 1. The molecular formula is C16H17BrN2OS. The van der Waals surface area contributed by atoms with Gasteiger partial charge in [0, 0.05) is 33.9 Å². The van der Waals surface area contributed by atoms with Gasteiger partial charge in [-0.15, -0.1) is 11.3 Å². The topological polar surface area (TPSA) is 38.1 Å². The van der Waals surface area contributed by atoms with Crippen LogP contribution in [0.4, 0.5) is 0 Å². The molecule has 3 rings (SSSR count). The van der Waals surface area contributed by atoms with Crippen molar-refractivity contribution >= 4 is 38.2 Å². The van der Waals surface area contributed by atoms with Crippen molar-refractivity contribution in [1.82, 2.24) is 10.3 Å². The lowest BCUT2D eigenvalue weighted by Crippen LogP contribution is -2.20. The van der Waals surface area contributed by atoms with E-state index in [0.717, 1.165) is 39.9 Å². The lowest BCUT2D eigenvalue weighted by atomic mass is 10.2. The Kier molecular flexibility index (Phi) is 4.42. The SMILES string of the molecule is Cc1csc(CCNC(C)c2cc3cc(Br)ccc3o2)n1. The molecule has 0 fully saturated rings. The van der Waals surface area contributed by atoms with Crippen LogP contribution in [0, 0.1) is 6.92 Å². The molecule has 0 aliphatic rings. The Labute approximate surface area is 136 Å². The molecule has 21 heavy (non-hydrogen) atoms. The van der Waals surface area contributed by atoms with Crippen molar-refractivity contribution in [2.75, 3.05) is 6.54 Å². The number of benzene rings is 1. The molecule has 0 aliphatic carbocycles. The van der Waals surface area contributed by atoms with Crippen LogP contribution in [0.1, 0.15) is 29.4 Å². The Morgan fingerprint density at radius 1 is 1.38 bits per heavy atom. The number of aromatic nitrogens is 1. The van der Waals surface area contributed by atoms with E-state index in [2.05, 4.69) is 50.7 Å². The molecule has 0 saturated carbocycles. The summed E-state index contributed by atoms with van der Waals surface area (Å²) in [5.74, 6) is 0.971. The van der Waals surface area contributed by atoms with Gasteiger partial charge in [0.1, 0.15) is 11.3 Å². The Morgan fingerprint density at radius 3 is 3.00 bits per heavy atom. The monoisotopic (exact) mass is 364 g/mol. The highest BCUT2D eigenvalue weighted by Gasteiger charge is 2.11. The Morgan fingerprint density at radius 2 is 2.24 bits per heavy atom. The van der Waals surface area contributed by atoms with Gasteiger partial charge in [0.15, 0.2) is 0 Å². The molecule has 0 aliphatic heterocycles. The first-order chi connectivity index (χ1) is 10.1. The van der Waals surface area contributed by atoms with Crippen molar-refractivity contribution in [1.29, 1.82) is 0 Å². The fourth-order valence-electron chi connectivity index (χ4n) is 2.26. The highest BCUT2D eigenvalue weighted by molar-refractivity contribution is 9.10. The summed E-state index contributed by atoms with van der Waals surface area (Å²) in [6.45, 7) is 5.05. The fraction of sp³-hybridized carbons (Fsp3) is 0.312. The zero-order valence-electron chi connectivity index (χ0n) is 12.0. The second kappa shape index (κ2) is 6.30. The highest BCUT2D eigenvalue weighted by Crippen LogP contribution is 2.26. The van der Waals surface area contributed by atoms with Gasteiger partial charge in [-0.1, -0.05) is 15.9 Å². The largest absolute Gasteiger partial charge is 0.459 e. The molecule has 1 unspecified atom stereocenters. The van der Waals surface area contributed by atoms with Crippen molar-refractivity contribution < 1.29 is 4.42 Å². The number of rotatable bonds is 5. The van der Waals surface area contributed by atoms with Gasteiger partial charge in [0.25, 0.3) is 0 Å². The van der Waals surface area contributed by atoms with Crippen LogP contribution in [0.15, 0.2) is 38.5 Å². The third-order valence-electron chi connectivity index (χ3n) is 3.38. The minimum atomic E-state index is 0.192. The standard InChI is InChI=1S/C16H17BrN2OS/c1-10-9-21-16(19-10)5-6-18-11(2)15-8-12-7-13(17)3-4-14(12)20-15/h3-4,7-9,11,18H,5-6H2,1-2H3. The molecule has 3 nitrogen and oxygen atoms in total. The summed E-state index contributed by atoms with van der Waals surface area (Å²) in [7, 11) is 0. The molecule has 1 aromatic carbocycles. The third kappa shape index (κ3) is 3.54. The van der Waals surface area contributed by atoms with Crippen molar-refractivity contribution in [2.24, 2.45) is 0 Å². The summed E-state index contributed by atoms with van der Waals surface area (Å²) in [6, 6.07) is 8.36. The minimum Gasteiger partial charge on any atom is -0.459 e. The molecule has 3 aromatic rings. The van der Waals surface area contributed by atoms with Crippen LogP contribution in [0.2, 0.25) is 0 Å². The second-order valence-electron chi connectivity index (χ2n) is 5.14. The van der Waals surface area contributed by atoms with Crippen LogP contribution in [0.25, 0.3) is 11.0 Å². The Hall–Kier alpha value is -1.17. The maximum absolute atomic E-state index is 5.90. The number of nitrogens with one attached hydrogen (secondary N) is 1. The quantitative estimate of drug-likeness (QED) is 0.702. The predicted molar refractivity (Wildman–Crippen MR) is 90.9 cm³/mol. The van der Waals surface area contributed by atoms with Crippen LogP contribution in [0.5, 0.6) is 0 Å². The highest BCUT2D eigenvalue weighted by atomic mass is 79.9. The zero-order chi connectivity index (χ0) is 14.8. The van der Waals surface area contributed by atoms with Crippen LogP contribution in [-0.4, -0.2) is 11.5 Å². The lowest BCUT2D eigenvalue weighted by molar-refractivity contribution is 0.453. The first kappa shape index (κ1) is 14.8. The number of hydrogen-bond donors (Lipinski definition) is 1. The molecule has 2 aromatic heterocycles. The van der Waals surface area contributed by atoms with Crippen molar-refractivity contribution in [2.45, 2.75) is 26.3 Å². The molecule has 5 heteroatoms. The molecule has 0 spiro atoms. The van der Waals surface area contributed by atoms with E-state index in [1.54, 1.807) is 11.3 Å². The molecule has 1 atom stereocenters. The number of hydrogen-bond acceptors (Lipinski definition) is 4. The van der Waals surface area contributed by atoms with Gasteiger partial charge in [-0.25, -0.2) is 4.98 Å². The van der Waals surface area contributed by atoms with Gasteiger partial charge in [-0.05, 0) is 38.1 Å². The van der Waals surface area contributed by atoms with Crippen molar-refractivity contribution in [3.63, 3.8) is 0 Å². The first-order valence-corrected chi connectivity index (χ1v) is 8.62. The van der Waals surface area contributed by atoms with E-state index in [0.29, 0.717) is 0 Å². The van der Waals surface area contributed by atoms with E-state index < -0.39 is 0 Å². The van der Waals surface area contributed by atoms with Crippen LogP contribution >= 0.6 is 27.3 Å². The fourth-order valence-corrected chi connectivity index (χ4v) is 3.42. The minimum absolute atomic E-state index is 0.192. The molecule has 0 bridgehead atoms. The van der Waals surface area contributed by atoms with E-state index in [1.165, 1.54) is 5.01 Å². The molecule has 0 amide bonds. The van der Waals surface area contributed by atoms with Gasteiger partial charge in [-0.2, -0.15) is 0 Å². The van der Waals surface area contributed by atoms with Crippen LogP contribution < -0.4 is 5.32 Å². The molecule has 110 valence electrons. The van der Waals surface area contributed by atoms with Crippen LogP contribution in [-0.2, 0) is 6.42 Å². The van der Waals surface area contributed by atoms with Gasteiger partial charge in [-0.3, -0.25) is 0 Å². The van der Waals surface area contributed by atoms with Gasteiger partial charge in [0.05, 0.1) is 11.0 Å². The van der Waals surface area contributed by atoms with Crippen molar-refractivity contribution in [3.05, 3.63) is 50.6 Å². The summed E-state index contributed by atoms with van der Waals surface area (Å²) in [6.07, 6.45) is 0.953. The summed E-state index contributed by atoms with van der Waals surface area (Å²) >= 11 is 5.21. The molecular weight excluding hydrogens is 348 g/mol. The van der Waals surface area contributed by atoms with Crippen molar-refractivity contribution in [3.8, 4) is 0 Å². The number of fused-ring (bicyclic) bond motifs is 1. The summed E-state index contributed by atoms with van der Waals surface area (Å²) in [5, 5.41) is 7.90. The van der Waals surface area contributed by atoms with E-state index in [-0.39, 0.29) is 6.04 Å². The average Bonchev–Trinajstić information content (AvgIpc) is 3.04. The van der Waals surface area contributed by atoms with Gasteiger partial charge < -0.3 is 9.73 Å². The van der Waals surface area contributed by atoms with Crippen LogP contribution in [0.3, 0.4) is 0 Å². The average molecular weight is 365 g/mol. The summed E-state index contributed by atoms with van der Waals surface area (Å²) < 4.78 is 6.97. The van der Waals surface area contributed by atoms with E-state index in [4.69, 9.17) is 4.42 Å². The maximum atomic E-state index is 5.90. The molecule has 0 radical (unpaired) electrons. The molecule has 2 heterocycles. The summed E-state index contributed by atoms with van der Waals surface area (Å²) in [5.41, 5.74) is 2.03. The number of furan rings is 1. The van der Waals surface area contributed by atoms with E-state index >= 15 is 0 Å².